The van der Waals surface area contributed by atoms with Gasteiger partial charge in [0.2, 0.25) is 10.0 Å². The molecule has 0 bridgehead atoms. The molecular weight excluding hydrogens is 412 g/mol. The lowest BCUT2D eigenvalue weighted by molar-refractivity contribution is 0.0678. The SMILES string of the molecule is COc1ccc(C(=O)N2CCc3sccc3C2C)cc1S(=O)(=O)N1CCOCC1. The van der Waals surface area contributed by atoms with Crippen molar-refractivity contribution in [2.45, 2.75) is 24.3 Å². The Morgan fingerprint density at radius 2 is 1.97 bits per heavy atom. The Kier molecular flexibility index (Phi) is 5.65. The van der Waals surface area contributed by atoms with Gasteiger partial charge < -0.3 is 14.4 Å². The van der Waals surface area contributed by atoms with Gasteiger partial charge in [0, 0.05) is 30.1 Å². The number of benzene rings is 1. The second-order valence-corrected chi connectivity index (χ2v) is 10.0. The van der Waals surface area contributed by atoms with E-state index in [1.165, 1.54) is 27.9 Å². The highest BCUT2D eigenvalue weighted by atomic mass is 32.2. The first-order valence-electron chi connectivity index (χ1n) is 9.56. The number of ether oxygens (including phenoxy) is 2. The fourth-order valence-electron chi connectivity index (χ4n) is 3.89. The molecule has 0 spiro atoms. The molecule has 156 valence electrons. The summed E-state index contributed by atoms with van der Waals surface area (Å²) in [6.07, 6.45) is 0.818. The normalized spacial score (nSPS) is 20.3. The van der Waals surface area contributed by atoms with Gasteiger partial charge in [-0.3, -0.25) is 4.79 Å². The first kappa shape index (κ1) is 20.3. The number of hydrogen-bond donors (Lipinski definition) is 0. The van der Waals surface area contributed by atoms with Crippen molar-refractivity contribution in [1.29, 1.82) is 0 Å². The Balaban J connectivity index is 1.67. The molecule has 1 aromatic carbocycles. The lowest BCUT2D eigenvalue weighted by Gasteiger charge is -2.34. The van der Waals surface area contributed by atoms with Gasteiger partial charge in [0.05, 0.1) is 26.4 Å². The van der Waals surface area contributed by atoms with Crippen LogP contribution < -0.4 is 4.74 Å². The van der Waals surface area contributed by atoms with Crippen LogP contribution in [0, 0.1) is 0 Å². The van der Waals surface area contributed by atoms with Gasteiger partial charge in [-0.1, -0.05) is 0 Å². The van der Waals surface area contributed by atoms with Crippen LogP contribution in [0.2, 0.25) is 0 Å². The van der Waals surface area contributed by atoms with Gasteiger partial charge in [0.25, 0.3) is 5.91 Å². The monoisotopic (exact) mass is 436 g/mol. The summed E-state index contributed by atoms with van der Waals surface area (Å²) < 4.78 is 38.3. The number of thiophene rings is 1. The van der Waals surface area contributed by atoms with Crippen molar-refractivity contribution in [3.8, 4) is 5.75 Å². The fraction of sp³-hybridized carbons (Fsp3) is 0.450. The van der Waals surface area contributed by atoms with Crippen LogP contribution >= 0.6 is 11.3 Å². The van der Waals surface area contributed by atoms with E-state index in [4.69, 9.17) is 9.47 Å². The molecule has 9 heteroatoms. The maximum Gasteiger partial charge on any atom is 0.254 e. The Morgan fingerprint density at radius 3 is 2.69 bits per heavy atom. The van der Waals surface area contributed by atoms with Crippen LogP contribution in [0.4, 0.5) is 0 Å². The molecule has 29 heavy (non-hydrogen) atoms. The van der Waals surface area contributed by atoms with Gasteiger partial charge in [0.15, 0.2) is 0 Å². The summed E-state index contributed by atoms with van der Waals surface area (Å²) >= 11 is 1.72. The molecule has 0 saturated carbocycles. The number of nitrogens with zero attached hydrogens (tertiary/aromatic N) is 2. The number of carbonyl (C=O) groups is 1. The van der Waals surface area contributed by atoms with E-state index in [-0.39, 0.29) is 35.7 Å². The largest absolute Gasteiger partial charge is 0.495 e. The van der Waals surface area contributed by atoms with E-state index in [1.54, 1.807) is 23.5 Å². The van der Waals surface area contributed by atoms with E-state index < -0.39 is 10.0 Å². The maximum atomic E-state index is 13.3. The minimum Gasteiger partial charge on any atom is -0.495 e. The third kappa shape index (κ3) is 3.68. The molecule has 1 unspecified atom stereocenters. The van der Waals surface area contributed by atoms with Crippen LogP contribution in [0.1, 0.15) is 33.8 Å². The molecule has 4 rings (SSSR count). The minimum atomic E-state index is -3.79. The predicted molar refractivity (Wildman–Crippen MR) is 110 cm³/mol. The van der Waals surface area contributed by atoms with Crippen LogP contribution in [-0.4, -0.2) is 63.5 Å². The summed E-state index contributed by atoms with van der Waals surface area (Å²) in [5.41, 5.74) is 1.52. The van der Waals surface area contributed by atoms with Crippen molar-refractivity contribution >= 4 is 27.3 Å². The molecule has 1 fully saturated rings. The Labute approximate surface area is 174 Å². The van der Waals surface area contributed by atoms with Gasteiger partial charge in [-0.05, 0) is 48.6 Å². The number of carbonyl (C=O) groups excluding carboxylic acids is 1. The molecule has 3 heterocycles. The molecule has 1 aromatic heterocycles. The summed E-state index contributed by atoms with van der Waals surface area (Å²) in [4.78, 5) is 16.4. The number of sulfonamides is 1. The van der Waals surface area contributed by atoms with Crippen molar-refractivity contribution in [3.63, 3.8) is 0 Å². The Bertz CT molecular complexity index is 1010. The summed E-state index contributed by atoms with van der Waals surface area (Å²) in [6, 6.07) is 6.66. The Morgan fingerprint density at radius 1 is 1.21 bits per heavy atom. The highest BCUT2D eigenvalue weighted by molar-refractivity contribution is 7.89. The first-order valence-corrected chi connectivity index (χ1v) is 11.9. The van der Waals surface area contributed by atoms with Gasteiger partial charge in [0.1, 0.15) is 10.6 Å². The van der Waals surface area contributed by atoms with Crippen LogP contribution in [-0.2, 0) is 21.2 Å². The van der Waals surface area contributed by atoms with Crippen molar-refractivity contribution in [3.05, 3.63) is 45.6 Å². The van der Waals surface area contributed by atoms with E-state index >= 15 is 0 Å². The summed E-state index contributed by atoms with van der Waals surface area (Å²) in [7, 11) is -2.35. The zero-order valence-corrected chi connectivity index (χ0v) is 18.1. The molecule has 1 saturated heterocycles. The van der Waals surface area contributed by atoms with Gasteiger partial charge in [-0.25, -0.2) is 8.42 Å². The van der Waals surface area contributed by atoms with E-state index in [1.807, 2.05) is 11.8 Å². The van der Waals surface area contributed by atoms with Gasteiger partial charge in [-0.15, -0.1) is 11.3 Å². The summed E-state index contributed by atoms with van der Waals surface area (Å²) in [5.74, 6) is 0.0651. The smallest absolute Gasteiger partial charge is 0.254 e. The molecule has 0 radical (unpaired) electrons. The van der Waals surface area contributed by atoms with Crippen molar-refractivity contribution in [2.75, 3.05) is 40.0 Å². The highest BCUT2D eigenvalue weighted by Crippen LogP contribution is 2.35. The lowest BCUT2D eigenvalue weighted by atomic mass is 10.0. The number of fused-ring (bicyclic) bond motifs is 1. The minimum absolute atomic E-state index is 0.0219. The van der Waals surface area contributed by atoms with E-state index in [9.17, 15) is 13.2 Å². The fourth-order valence-corrected chi connectivity index (χ4v) is 6.44. The second kappa shape index (κ2) is 8.06. The number of methoxy groups -OCH3 is 1. The molecule has 2 aromatic rings. The predicted octanol–water partition coefficient (Wildman–Crippen LogP) is 2.54. The molecule has 1 amide bonds. The molecular formula is C20H24N2O5S2. The van der Waals surface area contributed by atoms with Crippen molar-refractivity contribution < 1.29 is 22.7 Å². The quantitative estimate of drug-likeness (QED) is 0.736. The molecule has 7 nitrogen and oxygen atoms in total. The van der Waals surface area contributed by atoms with Crippen LogP contribution in [0.15, 0.2) is 34.5 Å². The van der Waals surface area contributed by atoms with Gasteiger partial charge in [-0.2, -0.15) is 4.31 Å². The molecule has 0 N–H and O–H groups in total. The van der Waals surface area contributed by atoms with E-state index in [2.05, 4.69) is 11.4 Å². The van der Waals surface area contributed by atoms with Gasteiger partial charge >= 0.3 is 0 Å². The lowest BCUT2D eigenvalue weighted by Crippen LogP contribution is -2.41. The third-order valence-electron chi connectivity index (χ3n) is 5.54. The third-order valence-corrected chi connectivity index (χ3v) is 8.45. The molecule has 2 aliphatic heterocycles. The topological polar surface area (TPSA) is 76.2 Å². The molecule has 2 aliphatic rings. The standard InChI is InChI=1S/C20H24N2O5S2/c1-14-16-6-12-28-18(16)5-7-22(14)20(23)15-3-4-17(26-2)19(13-15)29(24,25)21-8-10-27-11-9-21/h3-4,6,12-14H,5,7-11H2,1-2H3. The van der Waals surface area contributed by atoms with Crippen molar-refractivity contribution in [1.82, 2.24) is 9.21 Å². The zero-order valence-electron chi connectivity index (χ0n) is 16.5. The van der Waals surface area contributed by atoms with Crippen LogP contribution in [0.5, 0.6) is 5.75 Å². The first-order chi connectivity index (χ1) is 13.9. The summed E-state index contributed by atoms with van der Waals surface area (Å²) in [5, 5.41) is 2.05. The van der Waals surface area contributed by atoms with Crippen LogP contribution in [0.3, 0.4) is 0 Å². The number of hydrogen-bond acceptors (Lipinski definition) is 6. The van der Waals surface area contributed by atoms with E-state index in [0.717, 1.165) is 6.42 Å². The second-order valence-electron chi connectivity index (χ2n) is 7.11. The number of amides is 1. The van der Waals surface area contributed by atoms with Crippen molar-refractivity contribution in [2.24, 2.45) is 0 Å². The Hall–Kier alpha value is -1.94. The number of morpholine rings is 1. The zero-order chi connectivity index (χ0) is 20.6. The average Bonchev–Trinajstić information content (AvgIpc) is 3.23. The highest BCUT2D eigenvalue weighted by Gasteiger charge is 2.33. The maximum absolute atomic E-state index is 13.3. The molecule has 1 atom stereocenters. The summed E-state index contributed by atoms with van der Waals surface area (Å²) in [6.45, 7) is 3.91. The van der Waals surface area contributed by atoms with E-state index in [0.29, 0.717) is 25.3 Å². The average molecular weight is 437 g/mol. The van der Waals surface area contributed by atoms with Crippen LogP contribution in [0.25, 0.3) is 0 Å². The number of rotatable bonds is 4. The molecule has 0 aliphatic carbocycles.